The van der Waals surface area contributed by atoms with Crippen LogP contribution in [0.4, 0.5) is 5.69 Å². The number of carbonyl (C=O) groups is 1. The van der Waals surface area contributed by atoms with Crippen LogP contribution in [0.3, 0.4) is 0 Å². The van der Waals surface area contributed by atoms with Crippen molar-refractivity contribution in [1.29, 1.82) is 0 Å². The number of hydrogen-bond acceptors (Lipinski definition) is 6. The van der Waals surface area contributed by atoms with Crippen molar-refractivity contribution in [3.8, 4) is 0 Å². The highest BCUT2D eigenvalue weighted by Crippen LogP contribution is 2.33. The Hall–Kier alpha value is -2.36. The highest BCUT2D eigenvalue weighted by atomic mass is 32.2. The molecule has 0 aliphatic carbocycles. The smallest absolute Gasteiger partial charge is 0.266 e. The second kappa shape index (κ2) is 9.25. The maximum Gasteiger partial charge on any atom is 0.266 e. The number of benzene rings is 1. The van der Waals surface area contributed by atoms with E-state index in [1.165, 1.54) is 23.5 Å². The molecule has 0 aliphatic heterocycles. The molecule has 2 N–H and O–H groups in total. The summed E-state index contributed by atoms with van der Waals surface area (Å²) in [5.41, 5.74) is 1.89. The molecule has 3 rings (SSSR count). The SMILES string of the molecule is CCCCNS(=O)(=O)c1cccc(NC(=O)c2sc3nc(C(C)(C)C)nc(C)c3c2C)c1. The molecule has 0 aliphatic rings. The number of rotatable bonds is 7. The summed E-state index contributed by atoms with van der Waals surface area (Å²) in [6, 6.07) is 6.28. The van der Waals surface area contributed by atoms with E-state index in [2.05, 4.69) is 35.8 Å². The zero-order valence-corrected chi connectivity index (χ0v) is 21.0. The predicted octanol–water partition coefficient (Wildman–Crippen LogP) is 4.94. The fourth-order valence-corrected chi connectivity index (χ4v) is 5.53. The molecular weight excluding hydrogens is 444 g/mol. The number of fused-ring (bicyclic) bond motifs is 1. The maximum atomic E-state index is 13.1. The third-order valence-electron chi connectivity index (χ3n) is 5.07. The monoisotopic (exact) mass is 474 g/mol. The van der Waals surface area contributed by atoms with Crippen molar-refractivity contribution >= 4 is 43.2 Å². The van der Waals surface area contributed by atoms with Crippen LogP contribution in [-0.2, 0) is 15.4 Å². The van der Waals surface area contributed by atoms with Gasteiger partial charge in [-0.05, 0) is 44.0 Å². The highest BCUT2D eigenvalue weighted by Gasteiger charge is 2.23. The molecule has 32 heavy (non-hydrogen) atoms. The van der Waals surface area contributed by atoms with Gasteiger partial charge in [0, 0.05) is 23.0 Å². The normalized spacial score (nSPS) is 12.3. The number of unbranched alkanes of at least 4 members (excludes halogenated alkanes) is 1. The van der Waals surface area contributed by atoms with E-state index >= 15 is 0 Å². The van der Waals surface area contributed by atoms with E-state index in [-0.39, 0.29) is 16.2 Å². The van der Waals surface area contributed by atoms with Crippen molar-refractivity contribution in [3.05, 3.63) is 46.2 Å². The van der Waals surface area contributed by atoms with Crippen LogP contribution in [0.1, 0.15) is 67.3 Å². The molecule has 2 aromatic heterocycles. The van der Waals surface area contributed by atoms with Gasteiger partial charge in [-0.2, -0.15) is 0 Å². The first-order valence-corrected chi connectivity index (χ1v) is 12.9. The first-order valence-electron chi connectivity index (χ1n) is 10.6. The van der Waals surface area contributed by atoms with Crippen LogP contribution in [0.5, 0.6) is 0 Å². The van der Waals surface area contributed by atoms with Crippen LogP contribution >= 0.6 is 11.3 Å². The van der Waals surface area contributed by atoms with Gasteiger partial charge in [-0.15, -0.1) is 11.3 Å². The summed E-state index contributed by atoms with van der Waals surface area (Å²) in [6.45, 7) is 12.4. The Bertz CT molecular complexity index is 1260. The van der Waals surface area contributed by atoms with E-state index < -0.39 is 10.0 Å². The summed E-state index contributed by atoms with van der Waals surface area (Å²) < 4.78 is 27.6. The molecule has 0 saturated carbocycles. The Kier molecular flexibility index (Phi) is 7.02. The first-order chi connectivity index (χ1) is 14.9. The Morgan fingerprint density at radius 3 is 2.53 bits per heavy atom. The molecule has 1 amide bonds. The molecule has 0 spiro atoms. The molecule has 0 fully saturated rings. The number of anilines is 1. The molecular formula is C23H30N4O3S2. The lowest BCUT2D eigenvalue weighted by Crippen LogP contribution is -2.24. The van der Waals surface area contributed by atoms with E-state index in [0.29, 0.717) is 17.1 Å². The molecule has 2 heterocycles. The van der Waals surface area contributed by atoms with Gasteiger partial charge in [0.25, 0.3) is 5.91 Å². The van der Waals surface area contributed by atoms with E-state index in [1.54, 1.807) is 12.1 Å². The lowest BCUT2D eigenvalue weighted by atomic mass is 9.95. The standard InChI is InChI=1S/C23H30N4O3S2/c1-7-8-12-24-32(29,30)17-11-9-10-16(13-17)26-20(28)19-14(2)18-15(3)25-22(23(4,5)6)27-21(18)31-19/h9-11,13,24H,7-8,12H2,1-6H3,(H,26,28). The van der Waals surface area contributed by atoms with Crippen LogP contribution in [0.2, 0.25) is 0 Å². The molecule has 1 aromatic carbocycles. The van der Waals surface area contributed by atoms with E-state index in [0.717, 1.165) is 40.1 Å². The van der Waals surface area contributed by atoms with Crippen molar-refractivity contribution in [2.75, 3.05) is 11.9 Å². The van der Waals surface area contributed by atoms with Crippen LogP contribution < -0.4 is 10.0 Å². The molecule has 172 valence electrons. The second-order valence-electron chi connectivity index (χ2n) is 8.85. The molecule has 0 bridgehead atoms. The van der Waals surface area contributed by atoms with Gasteiger partial charge in [-0.3, -0.25) is 4.79 Å². The Morgan fingerprint density at radius 2 is 1.88 bits per heavy atom. The summed E-state index contributed by atoms with van der Waals surface area (Å²) in [5, 5.41) is 3.73. The number of carbonyl (C=O) groups excluding carboxylic acids is 1. The molecule has 0 saturated heterocycles. The largest absolute Gasteiger partial charge is 0.321 e. The summed E-state index contributed by atoms with van der Waals surface area (Å²) in [5.74, 6) is 0.444. The number of sulfonamides is 1. The van der Waals surface area contributed by atoms with Crippen LogP contribution in [0.15, 0.2) is 29.2 Å². The lowest BCUT2D eigenvalue weighted by Gasteiger charge is -2.16. The number of thiophene rings is 1. The minimum Gasteiger partial charge on any atom is -0.321 e. The van der Waals surface area contributed by atoms with Crippen LogP contribution in [-0.4, -0.2) is 30.8 Å². The molecule has 9 heteroatoms. The first kappa shape index (κ1) is 24.3. The van der Waals surface area contributed by atoms with Crippen molar-refractivity contribution in [2.24, 2.45) is 0 Å². The predicted molar refractivity (Wildman–Crippen MR) is 130 cm³/mol. The third-order valence-corrected chi connectivity index (χ3v) is 7.72. The molecule has 0 radical (unpaired) electrons. The third kappa shape index (κ3) is 5.16. The Morgan fingerprint density at radius 1 is 1.16 bits per heavy atom. The molecule has 0 atom stereocenters. The number of aryl methyl sites for hydroxylation is 2. The van der Waals surface area contributed by atoms with Crippen molar-refractivity contribution in [2.45, 2.75) is 64.7 Å². The number of amides is 1. The molecule has 3 aromatic rings. The lowest BCUT2D eigenvalue weighted by molar-refractivity contribution is 0.103. The van der Waals surface area contributed by atoms with Crippen LogP contribution in [0.25, 0.3) is 10.2 Å². The van der Waals surface area contributed by atoms with Gasteiger partial charge in [0.15, 0.2) is 0 Å². The number of aromatic nitrogens is 2. The van der Waals surface area contributed by atoms with E-state index in [4.69, 9.17) is 4.98 Å². The topological polar surface area (TPSA) is 101 Å². The van der Waals surface area contributed by atoms with Crippen molar-refractivity contribution in [1.82, 2.24) is 14.7 Å². The minimum absolute atomic E-state index is 0.121. The minimum atomic E-state index is -3.63. The average Bonchev–Trinajstić information content (AvgIpc) is 3.05. The van der Waals surface area contributed by atoms with Crippen molar-refractivity contribution < 1.29 is 13.2 Å². The van der Waals surface area contributed by atoms with Gasteiger partial charge in [-0.25, -0.2) is 23.1 Å². The van der Waals surface area contributed by atoms with Gasteiger partial charge in [0.1, 0.15) is 10.7 Å². The summed E-state index contributed by atoms with van der Waals surface area (Å²) >= 11 is 1.33. The Labute approximate surface area is 193 Å². The number of nitrogens with one attached hydrogen (secondary N) is 2. The summed E-state index contributed by atoms with van der Waals surface area (Å²) in [7, 11) is -3.63. The van der Waals surface area contributed by atoms with Gasteiger partial charge in [0.2, 0.25) is 10.0 Å². The van der Waals surface area contributed by atoms with Gasteiger partial charge >= 0.3 is 0 Å². The van der Waals surface area contributed by atoms with E-state index in [9.17, 15) is 13.2 Å². The second-order valence-corrected chi connectivity index (χ2v) is 11.6. The zero-order valence-electron chi connectivity index (χ0n) is 19.4. The fraction of sp³-hybridized carbons (Fsp3) is 0.435. The van der Waals surface area contributed by atoms with Gasteiger partial charge < -0.3 is 5.32 Å². The summed E-state index contributed by atoms with van der Waals surface area (Å²) in [4.78, 5) is 23.8. The average molecular weight is 475 g/mol. The van der Waals surface area contributed by atoms with Crippen molar-refractivity contribution in [3.63, 3.8) is 0 Å². The van der Waals surface area contributed by atoms with Gasteiger partial charge in [-0.1, -0.05) is 40.2 Å². The quantitative estimate of drug-likeness (QED) is 0.473. The number of nitrogens with zero attached hydrogens (tertiary/aromatic N) is 2. The molecule has 0 unspecified atom stereocenters. The number of hydrogen-bond donors (Lipinski definition) is 2. The van der Waals surface area contributed by atoms with Crippen LogP contribution in [0, 0.1) is 13.8 Å². The van der Waals surface area contributed by atoms with Gasteiger partial charge in [0.05, 0.1) is 15.5 Å². The molecule has 7 nitrogen and oxygen atoms in total. The Balaban J connectivity index is 1.89. The van der Waals surface area contributed by atoms with E-state index in [1.807, 2.05) is 20.8 Å². The summed E-state index contributed by atoms with van der Waals surface area (Å²) in [6.07, 6.45) is 1.66. The zero-order chi connectivity index (χ0) is 23.7. The maximum absolute atomic E-state index is 13.1. The highest BCUT2D eigenvalue weighted by molar-refractivity contribution is 7.89. The fourth-order valence-electron chi connectivity index (χ4n) is 3.29.